The molecular weight excluding hydrogens is 132 g/mol. The van der Waals surface area contributed by atoms with Crippen LogP contribution < -0.4 is 0 Å². The molecule has 0 atom stereocenters. The molecule has 0 saturated heterocycles. The molecular formula is C11H15. The molecule has 0 bridgehead atoms. The van der Waals surface area contributed by atoms with Crippen molar-refractivity contribution in [3.8, 4) is 0 Å². The van der Waals surface area contributed by atoms with Crippen LogP contribution in [0.15, 0.2) is 43.0 Å². The normalized spacial score (nSPS) is 11.9. The van der Waals surface area contributed by atoms with Crippen molar-refractivity contribution in [1.29, 1.82) is 0 Å². The summed E-state index contributed by atoms with van der Waals surface area (Å²) in [5, 5.41) is 0. The third-order valence-electron chi connectivity index (χ3n) is 1.21. The standard InChI is InChI=1S/C11H15/c1-4-7-10-11(8-5-2)9-6-3/h4-6,9H,1-2,7-8H2,3H3. The van der Waals surface area contributed by atoms with Gasteiger partial charge in [-0.1, -0.05) is 24.3 Å². The third-order valence-corrected chi connectivity index (χ3v) is 1.21. The van der Waals surface area contributed by atoms with E-state index in [4.69, 9.17) is 0 Å². The Morgan fingerprint density at radius 2 is 2.09 bits per heavy atom. The quantitative estimate of drug-likeness (QED) is 0.413. The predicted molar refractivity (Wildman–Crippen MR) is 51.2 cm³/mol. The fraction of sp³-hybridized carbons (Fsp3) is 0.273. The van der Waals surface area contributed by atoms with E-state index in [1.165, 1.54) is 5.57 Å². The monoisotopic (exact) mass is 147 g/mol. The van der Waals surface area contributed by atoms with Gasteiger partial charge in [-0.25, -0.2) is 0 Å². The second-order valence-corrected chi connectivity index (χ2v) is 2.19. The Hall–Kier alpha value is -1.04. The number of rotatable bonds is 5. The zero-order valence-corrected chi connectivity index (χ0v) is 7.14. The molecule has 0 aromatic carbocycles. The van der Waals surface area contributed by atoms with Crippen LogP contribution in [0.2, 0.25) is 0 Å². The maximum Gasteiger partial charge on any atom is -0.00943 e. The van der Waals surface area contributed by atoms with Gasteiger partial charge in [-0.3, -0.25) is 0 Å². The molecule has 0 heteroatoms. The minimum atomic E-state index is 0.813. The van der Waals surface area contributed by atoms with Crippen LogP contribution in [0, 0.1) is 6.08 Å². The van der Waals surface area contributed by atoms with E-state index in [0.29, 0.717) is 0 Å². The first-order chi connectivity index (χ1) is 5.35. The van der Waals surface area contributed by atoms with Gasteiger partial charge in [0, 0.05) is 0 Å². The number of hydrogen-bond acceptors (Lipinski definition) is 0. The van der Waals surface area contributed by atoms with Crippen LogP contribution in [0.3, 0.4) is 0 Å². The smallest absolute Gasteiger partial charge is 0.00943 e. The summed E-state index contributed by atoms with van der Waals surface area (Å²) in [6.07, 6.45) is 12.7. The molecule has 0 saturated carbocycles. The van der Waals surface area contributed by atoms with E-state index < -0.39 is 0 Å². The molecule has 11 heavy (non-hydrogen) atoms. The number of hydrogen-bond donors (Lipinski definition) is 0. The van der Waals surface area contributed by atoms with Crippen molar-refractivity contribution >= 4 is 0 Å². The summed E-state index contributed by atoms with van der Waals surface area (Å²) < 4.78 is 0. The minimum absolute atomic E-state index is 0.813. The second kappa shape index (κ2) is 7.07. The van der Waals surface area contributed by atoms with Crippen LogP contribution in [0.1, 0.15) is 19.8 Å². The lowest BCUT2D eigenvalue weighted by atomic mass is 10.1. The van der Waals surface area contributed by atoms with Gasteiger partial charge in [-0.15, -0.1) is 13.2 Å². The molecule has 0 aromatic rings. The lowest BCUT2D eigenvalue weighted by Gasteiger charge is -1.93. The molecule has 0 amide bonds. The molecule has 0 rings (SSSR count). The summed E-state index contributed by atoms with van der Waals surface area (Å²) in [6, 6.07) is 0. The maximum atomic E-state index is 3.67. The summed E-state index contributed by atoms with van der Waals surface area (Å²) in [5.74, 6) is 0. The molecule has 0 heterocycles. The third kappa shape index (κ3) is 5.41. The van der Waals surface area contributed by atoms with Gasteiger partial charge in [0.1, 0.15) is 0 Å². The first-order valence-electron chi connectivity index (χ1n) is 3.79. The molecule has 0 N–H and O–H groups in total. The summed E-state index contributed by atoms with van der Waals surface area (Å²) >= 11 is 0. The second-order valence-electron chi connectivity index (χ2n) is 2.19. The average Bonchev–Trinajstić information content (AvgIpc) is 2.01. The van der Waals surface area contributed by atoms with Gasteiger partial charge in [0.25, 0.3) is 0 Å². The zero-order chi connectivity index (χ0) is 8.53. The molecule has 0 aliphatic rings. The van der Waals surface area contributed by atoms with Crippen LogP contribution in [0.5, 0.6) is 0 Å². The Bertz CT molecular complexity index is 170. The summed E-state index contributed by atoms with van der Waals surface area (Å²) in [6.45, 7) is 9.30. The SMILES string of the molecule is C=CC/[C]=C(/C=CC)CC=C. The van der Waals surface area contributed by atoms with E-state index in [1.807, 2.05) is 31.2 Å². The van der Waals surface area contributed by atoms with Crippen molar-refractivity contribution in [2.45, 2.75) is 19.8 Å². The lowest BCUT2D eigenvalue weighted by Crippen LogP contribution is -1.75. The predicted octanol–water partition coefficient (Wildman–Crippen LogP) is 3.44. The molecule has 0 aliphatic carbocycles. The van der Waals surface area contributed by atoms with E-state index in [9.17, 15) is 0 Å². The molecule has 59 valence electrons. The number of allylic oxidation sites excluding steroid dienone is 6. The molecule has 0 unspecified atom stereocenters. The fourth-order valence-electron chi connectivity index (χ4n) is 0.759. The first-order valence-corrected chi connectivity index (χ1v) is 3.79. The van der Waals surface area contributed by atoms with Crippen molar-refractivity contribution in [2.75, 3.05) is 0 Å². The van der Waals surface area contributed by atoms with Gasteiger partial charge >= 0.3 is 0 Å². The topological polar surface area (TPSA) is 0 Å². The van der Waals surface area contributed by atoms with Crippen LogP contribution in [0.4, 0.5) is 0 Å². The van der Waals surface area contributed by atoms with Gasteiger partial charge in [-0.05, 0) is 31.4 Å². The van der Waals surface area contributed by atoms with E-state index in [0.717, 1.165) is 12.8 Å². The highest BCUT2D eigenvalue weighted by Crippen LogP contribution is 2.04. The molecule has 1 radical (unpaired) electrons. The Balaban J connectivity index is 4.05. The molecule has 0 fully saturated rings. The Morgan fingerprint density at radius 3 is 2.55 bits per heavy atom. The van der Waals surface area contributed by atoms with E-state index >= 15 is 0 Å². The molecule has 0 spiro atoms. The molecule has 0 nitrogen and oxygen atoms in total. The Labute approximate surface area is 69.6 Å². The summed E-state index contributed by atoms with van der Waals surface area (Å²) in [7, 11) is 0. The van der Waals surface area contributed by atoms with Crippen molar-refractivity contribution in [3.63, 3.8) is 0 Å². The van der Waals surface area contributed by atoms with Crippen molar-refractivity contribution < 1.29 is 0 Å². The highest BCUT2D eigenvalue weighted by molar-refractivity contribution is 5.18. The average molecular weight is 147 g/mol. The highest BCUT2D eigenvalue weighted by Gasteiger charge is 1.85. The van der Waals surface area contributed by atoms with Crippen molar-refractivity contribution in [1.82, 2.24) is 0 Å². The van der Waals surface area contributed by atoms with Crippen LogP contribution in [0.25, 0.3) is 0 Å². The minimum Gasteiger partial charge on any atom is -0.103 e. The maximum absolute atomic E-state index is 3.67. The van der Waals surface area contributed by atoms with E-state index in [2.05, 4.69) is 19.2 Å². The van der Waals surface area contributed by atoms with Gasteiger partial charge in [-0.2, -0.15) is 0 Å². The van der Waals surface area contributed by atoms with Gasteiger partial charge in [0.15, 0.2) is 0 Å². The van der Waals surface area contributed by atoms with Crippen LogP contribution in [-0.2, 0) is 0 Å². The van der Waals surface area contributed by atoms with Gasteiger partial charge in [0.05, 0.1) is 0 Å². The largest absolute Gasteiger partial charge is 0.103 e. The van der Waals surface area contributed by atoms with Gasteiger partial charge < -0.3 is 0 Å². The van der Waals surface area contributed by atoms with Crippen molar-refractivity contribution in [2.24, 2.45) is 0 Å². The van der Waals surface area contributed by atoms with Gasteiger partial charge in [0.2, 0.25) is 0 Å². The first kappa shape index (κ1) is 9.96. The van der Waals surface area contributed by atoms with Crippen molar-refractivity contribution in [3.05, 3.63) is 49.1 Å². The van der Waals surface area contributed by atoms with Crippen LogP contribution in [-0.4, -0.2) is 0 Å². The molecule has 0 aliphatic heterocycles. The summed E-state index contributed by atoms with van der Waals surface area (Å²) in [5.41, 5.74) is 1.18. The van der Waals surface area contributed by atoms with E-state index in [1.54, 1.807) is 0 Å². The lowest BCUT2D eigenvalue weighted by molar-refractivity contribution is 1.20. The Morgan fingerprint density at radius 1 is 1.36 bits per heavy atom. The van der Waals surface area contributed by atoms with E-state index in [-0.39, 0.29) is 0 Å². The Kier molecular flexibility index (Phi) is 6.40. The molecule has 0 aromatic heterocycles. The highest BCUT2D eigenvalue weighted by atomic mass is 13.9. The summed E-state index contributed by atoms with van der Waals surface area (Å²) in [4.78, 5) is 0. The zero-order valence-electron chi connectivity index (χ0n) is 7.14. The fourth-order valence-corrected chi connectivity index (χ4v) is 0.759. The van der Waals surface area contributed by atoms with Crippen LogP contribution >= 0.6 is 0 Å².